The smallest absolute Gasteiger partial charge is 0.193 e. The third-order valence-electron chi connectivity index (χ3n) is 4.96. The highest BCUT2D eigenvalue weighted by molar-refractivity contribution is 6.30. The minimum absolute atomic E-state index is 0.453. The number of guanidine groups is 1. The van der Waals surface area contributed by atoms with Crippen LogP contribution in [0, 0.1) is 5.92 Å². The second-order valence-electron chi connectivity index (χ2n) is 6.86. The van der Waals surface area contributed by atoms with Crippen molar-refractivity contribution in [3.05, 3.63) is 34.9 Å². The van der Waals surface area contributed by atoms with Crippen molar-refractivity contribution in [1.29, 1.82) is 0 Å². The van der Waals surface area contributed by atoms with Crippen molar-refractivity contribution in [2.75, 3.05) is 47.1 Å². The summed E-state index contributed by atoms with van der Waals surface area (Å²) in [6, 6.07) is 8.63. The molecule has 1 saturated heterocycles. The Hall–Kier alpha value is -1.30. The van der Waals surface area contributed by atoms with Crippen molar-refractivity contribution < 1.29 is 9.47 Å². The van der Waals surface area contributed by atoms with Gasteiger partial charge in [0.2, 0.25) is 0 Å². The van der Waals surface area contributed by atoms with E-state index in [0.717, 1.165) is 43.5 Å². The molecule has 25 heavy (non-hydrogen) atoms. The van der Waals surface area contributed by atoms with Crippen molar-refractivity contribution >= 4 is 17.6 Å². The number of rotatable bonds is 7. The quantitative estimate of drug-likeness (QED) is 0.458. The zero-order valence-corrected chi connectivity index (χ0v) is 15.8. The lowest BCUT2D eigenvalue weighted by Gasteiger charge is -2.22. The van der Waals surface area contributed by atoms with Gasteiger partial charge in [-0.05, 0) is 30.5 Å². The molecule has 138 valence electrons. The van der Waals surface area contributed by atoms with Crippen LogP contribution in [0.3, 0.4) is 0 Å². The molecule has 1 N–H and O–H groups in total. The van der Waals surface area contributed by atoms with Gasteiger partial charge in [0.05, 0.1) is 19.8 Å². The second kappa shape index (κ2) is 8.88. The van der Waals surface area contributed by atoms with E-state index in [2.05, 4.69) is 27.3 Å². The lowest BCUT2D eigenvalue weighted by Crippen LogP contribution is -2.41. The molecule has 2 fully saturated rings. The molecule has 1 aromatic rings. The minimum atomic E-state index is 0.453. The third kappa shape index (κ3) is 5.09. The van der Waals surface area contributed by atoms with Crippen LogP contribution in [0.5, 0.6) is 0 Å². The molecule has 3 unspecified atom stereocenters. The van der Waals surface area contributed by atoms with Gasteiger partial charge in [0, 0.05) is 50.1 Å². The Morgan fingerprint density at radius 2 is 2.28 bits per heavy atom. The van der Waals surface area contributed by atoms with Gasteiger partial charge >= 0.3 is 0 Å². The Balaban J connectivity index is 1.45. The summed E-state index contributed by atoms with van der Waals surface area (Å²) < 4.78 is 10.7. The van der Waals surface area contributed by atoms with E-state index in [0.29, 0.717) is 31.1 Å². The zero-order valence-electron chi connectivity index (χ0n) is 15.1. The monoisotopic (exact) mass is 365 g/mol. The lowest BCUT2D eigenvalue weighted by molar-refractivity contribution is 0.0536. The molecule has 0 radical (unpaired) electrons. The Labute approximate surface area is 155 Å². The number of hydrogen-bond donors (Lipinski definition) is 1. The summed E-state index contributed by atoms with van der Waals surface area (Å²) in [5.74, 6) is 2.11. The van der Waals surface area contributed by atoms with Gasteiger partial charge in [-0.2, -0.15) is 0 Å². The number of ether oxygens (including phenoxy) is 2. The van der Waals surface area contributed by atoms with Crippen LogP contribution in [-0.4, -0.2) is 64.0 Å². The molecule has 1 aliphatic heterocycles. The number of nitrogens with zero attached hydrogens (tertiary/aromatic N) is 2. The summed E-state index contributed by atoms with van der Waals surface area (Å²) in [6.07, 6.45) is 2.28. The highest BCUT2D eigenvalue weighted by Gasteiger charge is 2.40. The first-order valence-electron chi connectivity index (χ1n) is 9.01. The van der Waals surface area contributed by atoms with E-state index >= 15 is 0 Å². The average Bonchev–Trinajstić information content (AvgIpc) is 3.24. The summed E-state index contributed by atoms with van der Waals surface area (Å²) in [5.41, 5.74) is 1.31. The molecule has 2 aliphatic rings. The standard InChI is InChI=1S/C19H28ClN3O2/c1-21-19(23-7-6-14(12-23)13-25-9-8-24-2)22-18-11-17(18)15-4-3-5-16(20)10-15/h3-5,10,14,17-18H,6-9,11-13H2,1-2H3,(H,21,22). The summed E-state index contributed by atoms with van der Waals surface area (Å²) in [5, 5.41) is 4.43. The Morgan fingerprint density at radius 1 is 1.40 bits per heavy atom. The Bertz CT molecular complexity index is 596. The molecule has 5 nitrogen and oxygen atoms in total. The molecule has 3 rings (SSSR count). The molecule has 3 atom stereocenters. The number of likely N-dealkylation sites (tertiary alicyclic amines) is 1. The third-order valence-corrected chi connectivity index (χ3v) is 5.20. The Kier molecular flexibility index (Phi) is 6.57. The van der Waals surface area contributed by atoms with Gasteiger partial charge in [0.25, 0.3) is 0 Å². The SMILES string of the molecule is CN=C(NC1CC1c1cccc(Cl)c1)N1CCC(COCCOC)C1. The van der Waals surface area contributed by atoms with Gasteiger partial charge in [-0.25, -0.2) is 0 Å². The van der Waals surface area contributed by atoms with Crippen LogP contribution in [-0.2, 0) is 9.47 Å². The van der Waals surface area contributed by atoms with Gasteiger partial charge in [-0.15, -0.1) is 0 Å². The van der Waals surface area contributed by atoms with Gasteiger partial charge in [0.15, 0.2) is 5.96 Å². The molecule has 0 amide bonds. The van der Waals surface area contributed by atoms with E-state index in [4.69, 9.17) is 21.1 Å². The highest BCUT2D eigenvalue weighted by Crippen LogP contribution is 2.41. The van der Waals surface area contributed by atoms with Crippen molar-refractivity contribution in [3.63, 3.8) is 0 Å². The molecule has 0 bridgehead atoms. The molecule has 6 heteroatoms. The van der Waals surface area contributed by atoms with Crippen LogP contribution >= 0.6 is 11.6 Å². The summed E-state index contributed by atoms with van der Waals surface area (Å²) in [4.78, 5) is 6.83. The van der Waals surface area contributed by atoms with E-state index in [1.165, 1.54) is 5.56 Å². The van der Waals surface area contributed by atoms with Crippen LogP contribution in [0.4, 0.5) is 0 Å². The number of benzene rings is 1. The number of nitrogens with one attached hydrogen (secondary N) is 1. The van der Waals surface area contributed by atoms with E-state index < -0.39 is 0 Å². The van der Waals surface area contributed by atoms with E-state index in [1.54, 1.807) is 7.11 Å². The van der Waals surface area contributed by atoms with Gasteiger partial charge in [-0.1, -0.05) is 23.7 Å². The first-order valence-corrected chi connectivity index (χ1v) is 9.39. The van der Waals surface area contributed by atoms with Crippen molar-refractivity contribution in [3.8, 4) is 0 Å². The predicted molar refractivity (Wildman–Crippen MR) is 101 cm³/mol. The van der Waals surface area contributed by atoms with Gasteiger partial charge in [-0.3, -0.25) is 4.99 Å². The van der Waals surface area contributed by atoms with Gasteiger partial charge < -0.3 is 19.7 Å². The van der Waals surface area contributed by atoms with E-state index in [9.17, 15) is 0 Å². The zero-order chi connectivity index (χ0) is 17.6. The van der Waals surface area contributed by atoms with Crippen LogP contribution in [0.1, 0.15) is 24.3 Å². The van der Waals surface area contributed by atoms with Crippen molar-refractivity contribution in [2.45, 2.75) is 24.8 Å². The predicted octanol–water partition coefficient (Wildman–Crippen LogP) is 2.76. The maximum Gasteiger partial charge on any atom is 0.193 e. The minimum Gasteiger partial charge on any atom is -0.382 e. The van der Waals surface area contributed by atoms with Crippen LogP contribution in [0.2, 0.25) is 5.02 Å². The topological polar surface area (TPSA) is 46.1 Å². The van der Waals surface area contributed by atoms with Gasteiger partial charge in [0.1, 0.15) is 0 Å². The molecule has 1 saturated carbocycles. The fourth-order valence-corrected chi connectivity index (χ4v) is 3.68. The van der Waals surface area contributed by atoms with Crippen molar-refractivity contribution in [2.24, 2.45) is 10.9 Å². The first-order chi connectivity index (χ1) is 12.2. The summed E-state index contributed by atoms with van der Waals surface area (Å²) in [7, 11) is 3.56. The molecular formula is C19H28ClN3O2. The fraction of sp³-hybridized carbons (Fsp3) is 0.632. The molecule has 1 heterocycles. The number of halogens is 1. The normalized spacial score (nSPS) is 26.1. The lowest BCUT2D eigenvalue weighted by atomic mass is 10.1. The van der Waals surface area contributed by atoms with Crippen molar-refractivity contribution in [1.82, 2.24) is 10.2 Å². The van der Waals surface area contributed by atoms with Crippen LogP contribution in [0.25, 0.3) is 0 Å². The molecule has 1 aromatic carbocycles. The number of methoxy groups -OCH3 is 1. The maximum absolute atomic E-state index is 6.11. The Morgan fingerprint density at radius 3 is 3.04 bits per heavy atom. The summed E-state index contributed by atoms with van der Waals surface area (Å²) >= 11 is 6.11. The summed E-state index contributed by atoms with van der Waals surface area (Å²) in [6.45, 7) is 4.16. The fourth-order valence-electron chi connectivity index (χ4n) is 3.48. The number of hydrogen-bond acceptors (Lipinski definition) is 3. The average molecular weight is 366 g/mol. The van der Waals surface area contributed by atoms with Crippen LogP contribution < -0.4 is 5.32 Å². The number of aliphatic imine (C=N–C) groups is 1. The first kappa shape index (κ1) is 18.5. The van der Waals surface area contributed by atoms with E-state index in [-0.39, 0.29) is 0 Å². The molecule has 1 aliphatic carbocycles. The molecular weight excluding hydrogens is 338 g/mol. The van der Waals surface area contributed by atoms with Crippen LogP contribution in [0.15, 0.2) is 29.3 Å². The second-order valence-corrected chi connectivity index (χ2v) is 7.30. The largest absolute Gasteiger partial charge is 0.382 e. The maximum atomic E-state index is 6.11. The molecule has 0 aromatic heterocycles. The van der Waals surface area contributed by atoms with E-state index in [1.807, 2.05) is 19.2 Å². The molecule has 0 spiro atoms. The highest BCUT2D eigenvalue weighted by atomic mass is 35.5.